The summed E-state index contributed by atoms with van der Waals surface area (Å²) < 4.78 is 15.2. The van der Waals surface area contributed by atoms with E-state index in [1.807, 2.05) is 0 Å². The van der Waals surface area contributed by atoms with Gasteiger partial charge >= 0.3 is 5.88 Å². The molecule has 7 nitrogen and oxygen atoms in total. The summed E-state index contributed by atoms with van der Waals surface area (Å²) in [4.78, 5) is 14.0. The highest BCUT2D eigenvalue weighted by atomic mass is 16.6. The summed E-state index contributed by atoms with van der Waals surface area (Å²) in [5.41, 5.74) is 0.613. The summed E-state index contributed by atoms with van der Waals surface area (Å²) in [5.74, 6) is 1.12. The second kappa shape index (κ2) is 5.87. The molecular formula is C13H12N2O5. The van der Waals surface area contributed by atoms with Crippen molar-refractivity contribution in [1.29, 1.82) is 0 Å². The first-order valence-electron chi connectivity index (χ1n) is 5.64. The van der Waals surface area contributed by atoms with Crippen molar-refractivity contribution >= 4 is 17.8 Å². The lowest BCUT2D eigenvalue weighted by molar-refractivity contribution is -0.402. The van der Waals surface area contributed by atoms with Crippen LogP contribution in [0.15, 0.2) is 39.7 Å². The number of aliphatic imine (C=N–C) groups is 1. The van der Waals surface area contributed by atoms with E-state index >= 15 is 0 Å². The summed E-state index contributed by atoms with van der Waals surface area (Å²) in [6.07, 6.45) is 1.40. The Labute approximate surface area is 114 Å². The van der Waals surface area contributed by atoms with Crippen LogP contribution in [0.2, 0.25) is 0 Å². The third kappa shape index (κ3) is 2.94. The summed E-state index contributed by atoms with van der Waals surface area (Å²) in [6.45, 7) is 0. The largest absolute Gasteiger partial charge is 0.493 e. The molecule has 0 unspecified atom stereocenters. The van der Waals surface area contributed by atoms with Crippen molar-refractivity contribution in [2.75, 3.05) is 14.2 Å². The molecule has 7 heteroatoms. The minimum absolute atomic E-state index is 0.298. The van der Waals surface area contributed by atoms with Gasteiger partial charge in [0, 0.05) is 6.07 Å². The predicted octanol–water partition coefficient (Wildman–Crippen LogP) is 2.96. The highest BCUT2D eigenvalue weighted by Crippen LogP contribution is 2.31. The lowest BCUT2D eigenvalue weighted by Gasteiger charge is -2.07. The molecule has 0 N–H and O–H groups in total. The van der Waals surface area contributed by atoms with Gasteiger partial charge < -0.3 is 13.9 Å². The maximum atomic E-state index is 10.5. The van der Waals surface area contributed by atoms with E-state index in [4.69, 9.17) is 13.9 Å². The summed E-state index contributed by atoms with van der Waals surface area (Å²) in [6, 6.07) is 7.89. The fourth-order valence-electron chi connectivity index (χ4n) is 1.55. The van der Waals surface area contributed by atoms with E-state index in [0.29, 0.717) is 22.9 Å². The molecule has 0 spiro atoms. The Morgan fingerprint density at radius 3 is 2.55 bits per heavy atom. The SMILES string of the molecule is COc1ccc(N=Cc2ccc([N+](=O)[O-])o2)cc1OC. The molecule has 0 aliphatic rings. The van der Waals surface area contributed by atoms with Crippen molar-refractivity contribution in [1.82, 2.24) is 0 Å². The molecule has 0 saturated carbocycles. The van der Waals surface area contributed by atoms with Crippen LogP contribution >= 0.6 is 0 Å². The van der Waals surface area contributed by atoms with Crippen LogP contribution in [0.1, 0.15) is 5.76 Å². The number of hydrogen-bond acceptors (Lipinski definition) is 6. The number of rotatable bonds is 5. The fourth-order valence-corrected chi connectivity index (χ4v) is 1.55. The first-order valence-corrected chi connectivity index (χ1v) is 5.64. The minimum Gasteiger partial charge on any atom is -0.493 e. The van der Waals surface area contributed by atoms with Gasteiger partial charge in [-0.3, -0.25) is 15.1 Å². The Bertz CT molecular complexity index is 648. The number of hydrogen-bond donors (Lipinski definition) is 0. The normalized spacial score (nSPS) is 10.7. The van der Waals surface area contributed by atoms with E-state index in [-0.39, 0.29) is 5.88 Å². The molecule has 0 fully saturated rings. The van der Waals surface area contributed by atoms with Crippen molar-refractivity contribution in [3.63, 3.8) is 0 Å². The zero-order chi connectivity index (χ0) is 14.5. The third-order valence-corrected chi connectivity index (χ3v) is 2.50. The standard InChI is InChI=1S/C13H12N2O5/c1-18-11-5-3-9(7-12(11)19-2)14-8-10-4-6-13(20-10)15(16)17/h3-8H,1-2H3. The van der Waals surface area contributed by atoms with Crippen LogP contribution in [-0.2, 0) is 0 Å². The zero-order valence-corrected chi connectivity index (χ0v) is 10.9. The molecule has 20 heavy (non-hydrogen) atoms. The van der Waals surface area contributed by atoms with Crippen LogP contribution in [0.25, 0.3) is 0 Å². The molecule has 2 rings (SSSR count). The molecule has 1 heterocycles. The molecule has 0 aliphatic carbocycles. The maximum absolute atomic E-state index is 10.5. The molecule has 1 aromatic heterocycles. The molecule has 104 valence electrons. The monoisotopic (exact) mass is 276 g/mol. The van der Waals surface area contributed by atoms with Gasteiger partial charge in [0.2, 0.25) is 0 Å². The average molecular weight is 276 g/mol. The van der Waals surface area contributed by atoms with Crippen LogP contribution in [-0.4, -0.2) is 25.4 Å². The Kier molecular flexibility index (Phi) is 3.99. The van der Waals surface area contributed by atoms with Gasteiger partial charge in [-0.2, -0.15) is 0 Å². The maximum Gasteiger partial charge on any atom is 0.433 e. The van der Waals surface area contributed by atoms with Gasteiger partial charge in [-0.05, 0) is 18.2 Å². The number of benzene rings is 1. The van der Waals surface area contributed by atoms with E-state index in [0.717, 1.165) is 0 Å². The molecule has 2 aromatic rings. The average Bonchev–Trinajstić information content (AvgIpc) is 2.94. The van der Waals surface area contributed by atoms with Gasteiger partial charge in [-0.15, -0.1) is 0 Å². The van der Waals surface area contributed by atoms with E-state index in [9.17, 15) is 10.1 Å². The minimum atomic E-state index is -0.603. The summed E-state index contributed by atoms with van der Waals surface area (Å²) in [5, 5.41) is 10.5. The van der Waals surface area contributed by atoms with Crippen molar-refractivity contribution < 1.29 is 18.8 Å². The summed E-state index contributed by atoms with van der Waals surface area (Å²) >= 11 is 0. The van der Waals surface area contributed by atoms with E-state index in [1.165, 1.54) is 25.5 Å². The van der Waals surface area contributed by atoms with Crippen molar-refractivity contribution in [3.8, 4) is 11.5 Å². The second-order valence-corrected chi connectivity index (χ2v) is 3.73. The molecule has 0 amide bonds. The lowest BCUT2D eigenvalue weighted by atomic mass is 10.3. The predicted molar refractivity (Wildman–Crippen MR) is 72.2 cm³/mol. The number of nitrogens with zero attached hydrogens (tertiary/aromatic N) is 2. The molecule has 0 bridgehead atoms. The number of methoxy groups -OCH3 is 2. The van der Waals surface area contributed by atoms with Crippen molar-refractivity contribution in [3.05, 3.63) is 46.2 Å². The molecule has 0 saturated heterocycles. The van der Waals surface area contributed by atoms with Crippen molar-refractivity contribution in [2.24, 2.45) is 4.99 Å². The Morgan fingerprint density at radius 1 is 1.20 bits per heavy atom. The van der Waals surface area contributed by atoms with Crippen LogP contribution in [0.5, 0.6) is 11.5 Å². The number of furan rings is 1. The molecule has 0 aliphatic heterocycles. The topological polar surface area (TPSA) is 87.1 Å². The van der Waals surface area contributed by atoms with Gasteiger partial charge in [0.1, 0.15) is 4.92 Å². The summed E-state index contributed by atoms with van der Waals surface area (Å²) in [7, 11) is 3.07. The van der Waals surface area contributed by atoms with Crippen LogP contribution in [0.3, 0.4) is 0 Å². The molecular weight excluding hydrogens is 264 g/mol. The molecule has 0 radical (unpaired) electrons. The highest BCUT2D eigenvalue weighted by molar-refractivity contribution is 5.79. The fraction of sp³-hybridized carbons (Fsp3) is 0.154. The first kappa shape index (κ1) is 13.6. The van der Waals surface area contributed by atoms with E-state index in [2.05, 4.69) is 4.99 Å². The Hall–Kier alpha value is -2.83. The van der Waals surface area contributed by atoms with E-state index in [1.54, 1.807) is 25.3 Å². The van der Waals surface area contributed by atoms with Crippen LogP contribution < -0.4 is 9.47 Å². The van der Waals surface area contributed by atoms with Crippen LogP contribution in [0.4, 0.5) is 11.6 Å². The third-order valence-electron chi connectivity index (χ3n) is 2.50. The quantitative estimate of drug-likeness (QED) is 0.476. The van der Waals surface area contributed by atoms with Gasteiger partial charge in [0.05, 0.1) is 32.2 Å². The molecule has 0 atom stereocenters. The Morgan fingerprint density at radius 2 is 1.95 bits per heavy atom. The van der Waals surface area contributed by atoms with Crippen molar-refractivity contribution in [2.45, 2.75) is 0 Å². The zero-order valence-electron chi connectivity index (χ0n) is 10.9. The van der Waals surface area contributed by atoms with E-state index < -0.39 is 4.92 Å². The first-order chi connectivity index (χ1) is 9.63. The van der Waals surface area contributed by atoms with Gasteiger partial charge in [-0.1, -0.05) is 0 Å². The van der Waals surface area contributed by atoms with Crippen LogP contribution in [0, 0.1) is 10.1 Å². The lowest BCUT2D eigenvalue weighted by Crippen LogP contribution is -1.89. The van der Waals surface area contributed by atoms with Gasteiger partial charge in [0.15, 0.2) is 17.3 Å². The number of nitro groups is 1. The van der Waals surface area contributed by atoms with Gasteiger partial charge in [0.25, 0.3) is 0 Å². The highest BCUT2D eigenvalue weighted by Gasteiger charge is 2.10. The second-order valence-electron chi connectivity index (χ2n) is 3.73. The smallest absolute Gasteiger partial charge is 0.433 e. The Balaban J connectivity index is 2.20. The molecule has 1 aromatic carbocycles. The van der Waals surface area contributed by atoms with Gasteiger partial charge in [-0.25, -0.2) is 0 Å². The number of ether oxygens (including phenoxy) is 2.